The topological polar surface area (TPSA) is 26.0 Å². The van der Waals surface area contributed by atoms with Gasteiger partial charge in [-0.25, -0.2) is 4.39 Å². The molecule has 0 heterocycles. The van der Waals surface area contributed by atoms with Gasteiger partial charge < -0.3 is 5.73 Å². The summed E-state index contributed by atoms with van der Waals surface area (Å²) in [6.45, 7) is 1.85. The van der Waals surface area contributed by atoms with Gasteiger partial charge in [-0.1, -0.05) is 35.3 Å². The summed E-state index contributed by atoms with van der Waals surface area (Å²) < 4.78 is 13.9. The second-order valence-corrected chi connectivity index (χ2v) is 5.00. The third-order valence-electron chi connectivity index (χ3n) is 2.74. The van der Waals surface area contributed by atoms with Crippen molar-refractivity contribution in [3.63, 3.8) is 0 Å². The van der Waals surface area contributed by atoms with Gasteiger partial charge in [-0.3, -0.25) is 0 Å². The van der Waals surface area contributed by atoms with Crippen LogP contribution in [0, 0.1) is 5.82 Å². The summed E-state index contributed by atoms with van der Waals surface area (Å²) in [5.74, 6) is -0.330. The van der Waals surface area contributed by atoms with Crippen molar-refractivity contribution in [1.29, 1.82) is 0 Å². The lowest BCUT2D eigenvalue weighted by Crippen LogP contribution is -2.05. The molecule has 0 aliphatic heterocycles. The van der Waals surface area contributed by atoms with Crippen molar-refractivity contribution in [2.45, 2.75) is 13.0 Å². The molecule has 2 N–H and O–H groups in total. The van der Waals surface area contributed by atoms with E-state index in [4.69, 9.17) is 28.9 Å². The van der Waals surface area contributed by atoms with Gasteiger partial charge in [-0.05, 0) is 36.8 Å². The molecule has 2 aromatic carbocycles. The highest BCUT2D eigenvalue weighted by Crippen LogP contribution is 2.33. The minimum atomic E-state index is -0.330. The molecule has 1 atom stereocenters. The lowest BCUT2D eigenvalue weighted by Gasteiger charge is -2.11. The van der Waals surface area contributed by atoms with Crippen molar-refractivity contribution in [2.24, 2.45) is 5.73 Å². The first-order valence-corrected chi connectivity index (χ1v) is 6.25. The van der Waals surface area contributed by atoms with Crippen LogP contribution in [-0.2, 0) is 0 Å². The predicted octanol–water partition coefficient (Wildman–Crippen LogP) is 4.82. The third-order valence-corrected chi connectivity index (χ3v) is 3.29. The zero-order valence-corrected chi connectivity index (χ0v) is 11.3. The zero-order valence-electron chi connectivity index (χ0n) is 9.75. The fourth-order valence-electron chi connectivity index (χ4n) is 1.74. The Bertz CT molecular complexity index is 582. The molecule has 0 saturated carbocycles. The van der Waals surface area contributed by atoms with Crippen LogP contribution in [0.15, 0.2) is 36.4 Å². The van der Waals surface area contributed by atoms with E-state index >= 15 is 0 Å². The Morgan fingerprint density at radius 1 is 1.06 bits per heavy atom. The minimum Gasteiger partial charge on any atom is -0.324 e. The molecule has 0 aliphatic rings. The van der Waals surface area contributed by atoms with Crippen LogP contribution in [0.1, 0.15) is 18.5 Å². The Balaban J connectivity index is 2.59. The van der Waals surface area contributed by atoms with Gasteiger partial charge in [-0.2, -0.15) is 0 Å². The van der Waals surface area contributed by atoms with Gasteiger partial charge in [0, 0.05) is 27.2 Å². The molecule has 0 aliphatic carbocycles. The van der Waals surface area contributed by atoms with Crippen LogP contribution in [0.2, 0.25) is 10.0 Å². The Morgan fingerprint density at radius 3 is 2.39 bits per heavy atom. The SMILES string of the molecule is CC(N)c1ccc(F)c(-c2ccc(Cl)cc2Cl)c1. The third kappa shape index (κ3) is 2.66. The maximum absolute atomic E-state index is 13.9. The van der Waals surface area contributed by atoms with Gasteiger partial charge >= 0.3 is 0 Å². The van der Waals surface area contributed by atoms with Crippen LogP contribution in [0.5, 0.6) is 0 Å². The smallest absolute Gasteiger partial charge is 0.131 e. The Labute approximate surface area is 115 Å². The van der Waals surface area contributed by atoms with E-state index in [0.29, 0.717) is 21.2 Å². The molecule has 2 rings (SSSR count). The van der Waals surface area contributed by atoms with E-state index < -0.39 is 0 Å². The van der Waals surface area contributed by atoms with E-state index in [1.165, 1.54) is 6.07 Å². The van der Waals surface area contributed by atoms with Gasteiger partial charge in [0.15, 0.2) is 0 Å². The van der Waals surface area contributed by atoms with Gasteiger partial charge in [0.25, 0.3) is 0 Å². The fourth-order valence-corrected chi connectivity index (χ4v) is 2.25. The molecule has 0 aromatic heterocycles. The molecule has 4 heteroatoms. The molecular weight excluding hydrogens is 272 g/mol. The molecule has 0 amide bonds. The monoisotopic (exact) mass is 283 g/mol. The molecule has 0 bridgehead atoms. The second-order valence-electron chi connectivity index (χ2n) is 4.15. The molecule has 0 fully saturated rings. The van der Waals surface area contributed by atoms with Crippen LogP contribution in [0.3, 0.4) is 0 Å². The predicted molar refractivity (Wildman–Crippen MR) is 74.5 cm³/mol. The highest BCUT2D eigenvalue weighted by atomic mass is 35.5. The number of rotatable bonds is 2. The first-order chi connectivity index (χ1) is 8.49. The van der Waals surface area contributed by atoms with Crippen LogP contribution < -0.4 is 5.73 Å². The van der Waals surface area contributed by atoms with Gasteiger partial charge in [0.2, 0.25) is 0 Å². The molecule has 1 unspecified atom stereocenters. The van der Waals surface area contributed by atoms with E-state index in [9.17, 15) is 4.39 Å². The normalized spacial score (nSPS) is 12.5. The summed E-state index contributed by atoms with van der Waals surface area (Å²) in [6, 6.07) is 9.61. The standard InChI is InChI=1S/C14H12Cl2FN/c1-8(18)9-2-5-14(17)12(6-9)11-4-3-10(15)7-13(11)16/h2-8H,18H2,1H3. The Kier molecular flexibility index (Phi) is 3.91. The molecule has 0 spiro atoms. The van der Waals surface area contributed by atoms with E-state index in [1.807, 2.05) is 6.92 Å². The average Bonchev–Trinajstić information content (AvgIpc) is 2.30. The van der Waals surface area contributed by atoms with E-state index in [-0.39, 0.29) is 11.9 Å². The highest BCUT2D eigenvalue weighted by Gasteiger charge is 2.11. The highest BCUT2D eigenvalue weighted by molar-refractivity contribution is 6.36. The summed E-state index contributed by atoms with van der Waals surface area (Å²) in [4.78, 5) is 0. The Morgan fingerprint density at radius 2 is 1.78 bits per heavy atom. The van der Waals surface area contributed by atoms with Crippen molar-refractivity contribution in [1.82, 2.24) is 0 Å². The van der Waals surface area contributed by atoms with Gasteiger partial charge in [0.1, 0.15) is 5.82 Å². The number of nitrogens with two attached hydrogens (primary N) is 1. The van der Waals surface area contributed by atoms with Crippen molar-refractivity contribution < 1.29 is 4.39 Å². The van der Waals surface area contributed by atoms with Crippen molar-refractivity contribution in [3.05, 3.63) is 57.8 Å². The molecular formula is C14H12Cl2FN. The summed E-state index contributed by atoms with van der Waals surface area (Å²) in [5, 5.41) is 0.940. The van der Waals surface area contributed by atoms with E-state index in [0.717, 1.165) is 5.56 Å². The van der Waals surface area contributed by atoms with Crippen LogP contribution in [0.25, 0.3) is 11.1 Å². The number of halogens is 3. The van der Waals surface area contributed by atoms with Crippen LogP contribution in [0.4, 0.5) is 4.39 Å². The molecule has 0 radical (unpaired) electrons. The van der Waals surface area contributed by atoms with Gasteiger partial charge in [0.05, 0.1) is 0 Å². The van der Waals surface area contributed by atoms with Gasteiger partial charge in [-0.15, -0.1) is 0 Å². The molecule has 1 nitrogen and oxygen atoms in total. The van der Waals surface area contributed by atoms with Crippen LogP contribution >= 0.6 is 23.2 Å². The van der Waals surface area contributed by atoms with E-state index in [1.54, 1.807) is 30.3 Å². The molecule has 94 valence electrons. The minimum absolute atomic E-state index is 0.157. The van der Waals surface area contributed by atoms with Crippen molar-refractivity contribution in [2.75, 3.05) is 0 Å². The molecule has 18 heavy (non-hydrogen) atoms. The van der Waals surface area contributed by atoms with E-state index in [2.05, 4.69) is 0 Å². The van der Waals surface area contributed by atoms with Crippen LogP contribution in [-0.4, -0.2) is 0 Å². The lowest BCUT2D eigenvalue weighted by molar-refractivity contribution is 0.629. The first-order valence-electron chi connectivity index (χ1n) is 5.49. The van der Waals surface area contributed by atoms with Crippen molar-refractivity contribution >= 4 is 23.2 Å². The summed E-state index contributed by atoms with van der Waals surface area (Å²) in [7, 11) is 0. The summed E-state index contributed by atoms with van der Waals surface area (Å²) in [6.07, 6.45) is 0. The number of hydrogen-bond donors (Lipinski definition) is 1. The first kappa shape index (κ1) is 13.3. The molecule has 2 aromatic rings. The Hall–Kier alpha value is -1.09. The number of benzene rings is 2. The second kappa shape index (κ2) is 5.27. The average molecular weight is 284 g/mol. The summed E-state index contributed by atoms with van der Waals surface area (Å²) >= 11 is 11.9. The maximum atomic E-state index is 13.9. The largest absolute Gasteiger partial charge is 0.324 e. The zero-order chi connectivity index (χ0) is 13.3. The number of hydrogen-bond acceptors (Lipinski definition) is 1. The summed E-state index contributed by atoms with van der Waals surface area (Å²) in [5.41, 5.74) is 7.70. The quantitative estimate of drug-likeness (QED) is 0.840. The molecule has 0 saturated heterocycles. The fraction of sp³-hybridized carbons (Fsp3) is 0.143. The van der Waals surface area contributed by atoms with Crippen molar-refractivity contribution in [3.8, 4) is 11.1 Å². The maximum Gasteiger partial charge on any atom is 0.131 e. The lowest BCUT2D eigenvalue weighted by atomic mass is 10.00.